The number of aryl methyl sites for hydroxylation is 1. The standard InChI is InChI=1S/C15H23N3O/c1-4-12-8-11(9-14(16-3)17-12)15(19)18-13-7-5-6-10(13)2/h8-10,13H,4-7H2,1-3H3,(H,16,17)(H,18,19). The third-order valence-electron chi connectivity index (χ3n) is 3.94. The minimum absolute atomic E-state index is 0.0207. The van der Waals surface area contributed by atoms with Crippen LogP contribution in [0.3, 0.4) is 0 Å². The van der Waals surface area contributed by atoms with Crippen molar-refractivity contribution in [1.82, 2.24) is 10.3 Å². The smallest absolute Gasteiger partial charge is 0.251 e. The molecule has 1 aliphatic rings. The van der Waals surface area contributed by atoms with Crippen LogP contribution in [0.5, 0.6) is 0 Å². The van der Waals surface area contributed by atoms with Crippen molar-refractivity contribution < 1.29 is 4.79 Å². The first-order chi connectivity index (χ1) is 9.13. The maximum Gasteiger partial charge on any atom is 0.251 e. The van der Waals surface area contributed by atoms with Gasteiger partial charge in [0.25, 0.3) is 5.91 Å². The molecular formula is C15H23N3O. The number of carbonyl (C=O) groups excluding carboxylic acids is 1. The first-order valence-electron chi connectivity index (χ1n) is 7.13. The van der Waals surface area contributed by atoms with Crippen molar-refractivity contribution in [3.05, 3.63) is 23.4 Å². The number of aromatic nitrogens is 1. The van der Waals surface area contributed by atoms with Gasteiger partial charge >= 0.3 is 0 Å². The summed E-state index contributed by atoms with van der Waals surface area (Å²) in [4.78, 5) is 16.7. The van der Waals surface area contributed by atoms with E-state index in [9.17, 15) is 4.79 Å². The van der Waals surface area contributed by atoms with Gasteiger partial charge in [-0.15, -0.1) is 0 Å². The second-order valence-electron chi connectivity index (χ2n) is 5.32. The van der Waals surface area contributed by atoms with Crippen molar-refractivity contribution in [2.75, 3.05) is 12.4 Å². The Morgan fingerprint density at radius 2 is 2.21 bits per heavy atom. The second-order valence-corrected chi connectivity index (χ2v) is 5.32. The monoisotopic (exact) mass is 261 g/mol. The molecule has 2 rings (SSSR count). The van der Waals surface area contributed by atoms with E-state index in [4.69, 9.17) is 0 Å². The zero-order chi connectivity index (χ0) is 13.8. The zero-order valence-corrected chi connectivity index (χ0v) is 12.0. The Morgan fingerprint density at radius 3 is 2.79 bits per heavy atom. The lowest BCUT2D eigenvalue weighted by molar-refractivity contribution is 0.0929. The fourth-order valence-electron chi connectivity index (χ4n) is 2.64. The lowest BCUT2D eigenvalue weighted by atomic mass is 10.1. The number of hydrogen-bond donors (Lipinski definition) is 2. The van der Waals surface area contributed by atoms with Crippen LogP contribution in [0.2, 0.25) is 0 Å². The molecule has 2 atom stereocenters. The average Bonchev–Trinajstić information content (AvgIpc) is 2.83. The highest BCUT2D eigenvalue weighted by Gasteiger charge is 2.25. The van der Waals surface area contributed by atoms with Crippen LogP contribution >= 0.6 is 0 Å². The Hall–Kier alpha value is -1.58. The molecule has 0 aromatic carbocycles. The van der Waals surface area contributed by atoms with Gasteiger partial charge in [0.2, 0.25) is 0 Å². The molecule has 0 bridgehead atoms. The van der Waals surface area contributed by atoms with Crippen LogP contribution in [0, 0.1) is 5.92 Å². The molecule has 0 saturated heterocycles. The normalized spacial score (nSPS) is 22.3. The summed E-state index contributed by atoms with van der Waals surface area (Å²) in [6.07, 6.45) is 4.35. The average molecular weight is 261 g/mol. The molecule has 2 N–H and O–H groups in total. The highest BCUT2D eigenvalue weighted by molar-refractivity contribution is 5.95. The van der Waals surface area contributed by atoms with E-state index in [2.05, 4.69) is 22.5 Å². The van der Waals surface area contributed by atoms with Crippen LogP contribution in [0.25, 0.3) is 0 Å². The fourth-order valence-corrected chi connectivity index (χ4v) is 2.64. The molecular weight excluding hydrogens is 238 g/mol. The molecule has 1 aliphatic carbocycles. The van der Waals surface area contributed by atoms with Gasteiger partial charge in [0.15, 0.2) is 0 Å². The number of rotatable bonds is 4. The zero-order valence-electron chi connectivity index (χ0n) is 12.0. The van der Waals surface area contributed by atoms with Gasteiger partial charge < -0.3 is 10.6 Å². The van der Waals surface area contributed by atoms with Crippen LogP contribution in [0.4, 0.5) is 5.82 Å². The Bertz CT molecular complexity index is 436. The van der Waals surface area contributed by atoms with Gasteiger partial charge in [0.1, 0.15) is 5.82 Å². The van der Waals surface area contributed by atoms with E-state index in [0.29, 0.717) is 17.5 Å². The Kier molecular flexibility index (Phi) is 4.40. The molecule has 1 saturated carbocycles. The largest absolute Gasteiger partial charge is 0.373 e. The van der Waals surface area contributed by atoms with Crippen LogP contribution < -0.4 is 10.6 Å². The van der Waals surface area contributed by atoms with Crippen molar-refractivity contribution in [3.8, 4) is 0 Å². The van der Waals surface area contributed by atoms with E-state index < -0.39 is 0 Å². The Labute approximate surface area is 115 Å². The number of amides is 1. The van der Waals surface area contributed by atoms with Crippen LogP contribution in [-0.4, -0.2) is 24.0 Å². The van der Waals surface area contributed by atoms with Gasteiger partial charge in [0.05, 0.1) is 0 Å². The summed E-state index contributed by atoms with van der Waals surface area (Å²) in [5.74, 6) is 1.36. The van der Waals surface area contributed by atoms with Crippen molar-refractivity contribution in [1.29, 1.82) is 0 Å². The highest BCUT2D eigenvalue weighted by atomic mass is 16.1. The summed E-state index contributed by atoms with van der Waals surface area (Å²) < 4.78 is 0. The van der Waals surface area contributed by atoms with Gasteiger partial charge in [-0.1, -0.05) is 20.3 Å². The Balaban J connectivity index is 2.13. The molecule has 1 amide bonds. The highest BCUT2D eigenvalue weighted by Crippen LogP contribution is 2.25. The number of anilines is 1. The molecule has 0 aliphatic heterocycles. The summed E-state index contributed by atoms with van der Waals surface area (Å²) in [6.45, 7) is 4.25. The SMILES string of the molecule is CCc1cc(C(=O)NC2CCCC2C)cc(NC)n1. The summed E-state index contributed by atoms with van der Waals surface area (Å²) in [6, 6.07) is 4.02. The molecule has 1 fully saturated rings. The summed E-state index contributed by atoms with van der Waals surface area (Å²) in [5.41, 5.74) is 1.65. The van der Waals surface area contributed by atoms with Crippen LogP contribution in [0.1, 0.15) is 49.2 Å². The molecule has 1 aromatic rings. The van der Waals surface area contributed by atoms with Crippen LogP contribution in [0.15, 0.2) is 12.1 Å². The Morgan fingerprint density at radius 1 is 1.42 bits per heavy atom. The van der Waals surface area contributed by atoms with E-state index >= 15 is 0 Å². The number of carbonyl (C=O) groups is 1. The number of nitrogens with one attached hydrogen (secondary N) is 2. The molecule has 2 unspecified atom stereocenters. The van der Waals surface area contributed by atoms with Gasteiger partial charge in [-0.2, -0.15) is 0 Å². The lowest BCUT2D eigenvalue weighted by Crippen LogP contribution is -2.36. The maximum absolute atomic E-state index is 12.3. The molecule has 4 nitrogen and oxygen atoms in total. The molecule has 0 radical (unpaired) electrons. The van der Waals surface area contributed by atoms with Gasteiger partial charge in [0, 0.05) is 24.3 Å². The summed E-state index contributed by atoms with van der Waals surface area (Å²) in [7, 11) is 1.82. The molecule has 104 valence electrons. The molecule has 0 spiro atoms. The second kappa shape index (κ2) is 6.04. The number of pyridine rings is 1. The molecule has 4 heteroatoms. The lowest BCUT2D eigenvalue weighted by Gasteiger charge is -2.17. The number of nitrogens with zero attached hydrogens (tertiary/aromatic N) is 1. The predicted octanol–water partition coefficient (Wildman–Crippen LogP) is 2.60. The van der Waals surface area contributed by atoms with Crippen molar-refractivity contribution in [2.24, 2.45) is 5.92 Å². The van der Waals surface area contributed by atoms with E-state index in [1.165, 1.54) is 12.8 Å². The summed E-state index contributed by atoms with van der Waals surface area (Å²) >= 11 is 0. The molecule has 19 heavy (non-hydrogen) atoms. The topological polar surface area (TPSA) is 54.0 Å². The predicted molar refractivity (Wildman–Crippen MR) is 77.4 cm³/mol. The minimum atomic E-state index is 0.0207. The fraction of sp³-hybridized carbons (Fsp3) is 0.600. The summed E-state index contributed by atoms with van der Waals surface area (Å²) in [5, 5.41) is 6.16. The number of hydrogen-bond acceptors (Lipinski definition) is 3. The first-order valence-corrected chi connectivity index (χ1v) is 7.13. The van der Waals surface area contributed by atoms with Gasteiger partial charge in [-0.25, -0.2) is 4.98 Å². The van der Waals surface area contributed by atoms with Crippen LogP contribution in [-0.2, 0) is 6.42 Å². The third-order valence-corrected chi connectivity index (χ3v) is 3.94. The first kappa shape index (κ1) is 13.8. The molecule has 1 heterocycles. The molecule has 1 aromatic heterocycles. The third kappa shape index (κ3) is 3.25. The quantitative estimate of drug-likeness (QED) is 0.876. The van der Waals surface area contributed by atoms with E-state index in [-0.39, 0.29) is 5.91 Å². The van der Waals surface area contributed by atoms with Crippen molar-refractivity contribution in [3.63, 3.8) is 0 Å². The maximum atomic E-state index is 12.3. The van der Waals surface area contributed by atoms with Gasteiger partial charge in [-0.3, -0.25) is 4.79 Å². The van der Waals surface area contributed by atoms with E-state index in [1.54, 1.807) is 0 Å². The van der Waals surface area contributed by atoms with E-state index in [1.807, 2.05) is 26.1 Å². The van der Waals surface area contributed by atoms with Crippen molar-refractivity contribution in [2.45, 2.75) is 45.6 Å². The minimum Gasteiger partial charge on any atom is -0.373 e. The van der Waals surface area contributed by atoms with E-state index in [0.717, 1.165) is 24.4 Å². The van der Waals surface area contributed by atoms with Gasteiger partial charge in [-0.05, 0) is 37.3 Å². The van der Waals surface area contributed by atoms with Crippen molar-refractivity contribution >= 4 is 11.7 Å².